The molecule has 0 saturated heterocycles. The van der Waals surface area contributed by atoms with Crippen LogP contribution >= 0.6 is 47.2 Å². The minimum absolute atomic E-state index is 0.180. The lowest BCUT2D eigenvalue weighted by atomic mass is 10.1. The Bertz CT molecular complexity index is 1300. The van der Waals surface area contributed by atoms with Crippen molar-refractivity contribution in [1.29, 1.82) is 0 Å². The smallest absolute Gasteiger partial charge is 0.242 e. The lowest BCUT2D eigenvalue weighted by Gasteiger charge is -2.18. The number of carbonyl (C=O) groups excluding carboxylic acids is 1. The standard InChI is InChI=1S/C27H21Cl2N3OS2/c28-19-11-16-24(23(29)17-19)32-26(33)25(18-7-3-1-4-8-18)35-22-14-12-21(13-15-22)31-27(34)30-20-9-5-2-6-10-20/h1-17,25H,(H,32,33)(H2,30,31,34). The lowest BCUT2D eigenvalue weighted by Crippen LogP contribution is -2.19. The van der Waals surface area contributed by atoms with Crippen LogP contribution in [-0.4, -0.2) is 11.0 Å². The molecule has 0 spiro atoms. The molecule has 3 N–H and O–H groups in total. The van der Waals surface area contributed by atoms with Crippen molar-refractivity contribution in [2.75, 3.05) is 16.0 Å². The Kier molecular flexibility index (Phi) is 8.66. The number of para-hydroxylation sites is 1. The molecule has 1 atom stereocenters. The first-order chi connectivity index (χ1) is 17.0. The van der Waals surface area contributed by atoms with Crippen LogP contribution in [0.25, 0.3) is 0 Å². The molecule has 0 radical (unpaired) electrons. The van der Waals surface area contributed by atoms with E-state index in [0.717, 1.165) is 21.8 Å². The average Bonchev–Trinajstić information content (AvgIpc) is 2.86. The molecule has 4 aromatic rings. The molecule has 0 fully saturated rings. The van der Waals surface area contributed by atoms with Crippen molar-refractivity contribution >= 4 is 75.3 Å². The number of carbonyl (C=O) groups is 1. The van der Waals surface area contributed by atoms with E-state index < -0.39 is 5.25 Å². The Hall–Kier alpha value is -3.03. The van der Waals surface area contributed by atoms with Crippen LogP contribution in [-0.2, 0) is 4.79 Å². The van der Waals surface area contributed by atoms with Crippen LogP contribution < -0.4 is 16.0 Å². The van der Waals surface area contributed by atoms with Crippen molar-refractivity contribution in [2.24, 2.45) is 0 Å². The summed E-state index contributed by atoms with van der Waals surface area (Å²) in [5, 5.41) is 10.2. The maximum absolute atomic E-state index is 13.3. The number of amides is 1. The van der Waals surface area contributed by atoms with Gasteiger partial charge in [-0.3, -0.25) is 4.79 Å². The number of hydrogen-bond acceptors (Lipinski definition) is 3. The number of hydrogen-bond donors (Lipinski definition) is 3. The summed E-state index contributed by atoms with van der Waals surface area (Å²) in [6.45, 7) is 0. The molecule has 0 aliphatic heterocycles. The van der Waals surface area contributed by atoms with Gasteiger partial charge in [0.15, 0.2) is 5.11 Å². The van der Waals surface area contributed by atoms with Crippen molar-refractivity contribution in [3.8, 4) is 0 Å². The quantitative estimate of drug-likeness (QED) is 0.163. The van der Waals surface area contributed by atoms with E-state index >= 15 is 0 Å². The first-order valence-electron chi connectivity index (χ1n) is 10.7. The fourth-order valence-corrected chi connectivity index (χ4v) is 4.97. The van der Waals surface area contributed by atoms with Gasteiger partial charge in [0, 0.05) is 21.3 Å². The van der Waals surface area contributed by atoms with Gasteiger partial charge in [0.1, 0.15) is 5.25 Å². The van der Waals surface area contributed by atoms with Gasteiger partial charge in [0.25, 0.3) is 0 Å². The van der Waals surface area contributed by atoms with Gasteiger partial charge in [0.2, 0.25) is 5.91 Å². The molecular weight excluding hydrogens is 517 g/mol. The Morgan fingerprint density at radius 3 is 1.97 bits per heavy atom. The van der Waals surface area contributed by atoms with Crippen LogP contribution in [0.3, 0.4) is 0 Å². The first-order valence-corrected chi connectivity index (χ1v) is 12.7. The van der Waals surface area contributed by atoms with Crippen LogP contribution in [0.5, 0.6) is 0 Å². The molecule has 0 aliphatic rings. The molecule has 4 nitrogen and oxygen atoms in total. The average molecular weight is 539 g/mol. The summed E-state index contributed by atoms with van der Waals surface area (Å²) in [5.74, 6) is -0.180. The number of thiocarbonyl (C=S) groups is 1. The Morgan fingerprint density at radius 2 is 1.34 bits per heavy atom. The number of rotatable bonds is 7. The van der Waals surface area contributed by atoms with E-state index in [9.17, 15) is 4.79 Å². The zero-order valence-corrected chi connectivity index (χ0v) is 21.5. The summed E-state index contributed by atoms with van der Waals surface area (Å²) in [4.78, 5) is 14.2. The number of nitrogens with one attached hydrogen (secondary N) is 3. The number of halogens is 2. The maximum Gasteiger partial charge on any atom is 0.242 e. The topological polar surface area (TPSA) is 53.2 Å². The molecule has 1 unspecified atom stereocenters. The van der Waals surface area contributed by atoms with Gasteiger partial charge in [-0.2, -0.15) is 0 Å². The highest BCUT2D eigenvalue weighted by Crippen LogP contribution is 2.37. The molecular formula is C27H21Cl2N3OS2. The van der Waals surface area contributed by atoms with E-state index in [0.29, 0.717) is 20.8 Å². The van der Waals surface area contributed by atoms with Crippen LogP contribution in [0.4, 0.5) is 17.1 Å². The summed E-state index contributed by atoms with van der Waals surface area (Å²) in [6.07, 6.45) is 0. The van der Waals surface area contributed by atoms with Crippen molar-refractivity contribution in [3.63, 3.8) is 0 Å². The van der Waals surface area contributed by atoms with E-state index in [-0.39, 0.29) is 5.91 Å². The third-order valence-electron chi connectivity index (χ3n) is 4.93. The molecule has 176 valence electrons. The molecule has 1 amide bonds. The van der Waals surface area contributed by atoms with Crippen molar-refractivity contribution in [2.45, 2.75) is 10.1 Å². The van der Waals surface area contributed by atoms with Crippen molar-refractivity contribution < 1.29 is 4.79 Å². The van der Waals surface area contributed by atoms with E-state index in [4.69, 9.17) is 35.4 Å². The fraction of sp³-hybridized carbons (Fsp3) is 0.0370. The normalized spacial score (nSPS) is 11.4. The van der Waals surface area contributed by atoms with Gasteiger partial charge in [-0.15, -0.1) is 11.8 Å². The predicted molar refractivity (Wildman–Crippen MR) is 153 cm³/mol. The molecule has 35 heavy (non-hydrogen) atoms. The highest BCUT2D eigenvalue weighted by molar-refractivity contribution is 8.00. The second-order valence-corrected chi connectivity index (χ2v) is 9.92. The lowest BCUT2D eigenvalue weighted by molar-refractivity contribution is -0.115. The summed E-state index contributed by atoms with van der Waals surface area (Å²) in [5.41, 5.74) is 3.16. The van der Waals surface area contributed by atoms with Gasteiger partial charge >= 0.3 is 0 Å². The summed E-state index contributed by atoms with van der Waals surface area (Å²) >= 11 is 19.1. The van der Waals surface area contributed by atoms with Crippen molar-refractivity contribution in [3.05, 3.63) is 119 Å². The third-order valence-corrected chi connectivity index (χ3v) is 6.95. The van der Waals surface area contributed by atoms with Gasteiger partial charge in [-0.05, 0) is 72.4 Å². The molecule has 0 saturated carbocycles. The van der Waals surface area contributed by atoms with Gasteiger partial charge in [0.05, 0.1) is 10.7 Å². The molecule has 4 rings (SSSR count). The summed E-state index contributed by atoms with van der Waals surface area (Å²) in [7, 11) is 0. The largest absolute Gasteiger partial charge is 0.332 e. The maximum atomic E-state index is 13.3. The Labute approximate surface area is 224 Å². The molecule has 0 bridgehead atoms. The van der Waals surface area contributed by atoms with Crippen LogP contribution in [0.2, 0.25) is 10.0 Å². The molecule has 0 aliphatic carbocycles. The van der Waals surface area contributed by atoms with E-state index in [1.807, 2.05) is 84.9 Å². The van der Waals surface area contributed by atoms with Gasteiger partial charge in [-0.1, -0.05) is 71.7 Å². The SMILES string of the molecule is O=C(Nc1ccc(Cl)cc1Cl)C(Sc1ccc(NC(=S)Nc2ccccc2)cc1)c1ccccc1. The highest BCUT2D eigenvalue weighted by Gasteiger charge is 2.23. The van der Waals surface area contributed by atoms with Crippen LogP contribution in [0.15, 0.2) is 108 Å². The summed E-state index contributed by atoms with van der Waals surface area (Å²) in [6, 6.07) is 32.1. The molecule has 4 aromatic carbocycles. The molecule has 0 heterocycles. The third kappa shape index (κ3) is 7.23. The van der Waals surface area contributed by atoms with E-state index in [1.54, 1.807) is 18.2 Å². The monoisotopic (exact) mass is 537 g/mol. The van der Waals surface area contributed by atoms with Crippen LogP contribution in [0, 0.1) is 0 Å². The minimum Gasteiger partial charge on any atom is -0.332 e. The van der Waals surface area contributed by atoms with Gasteiger partial charge in [-0.25, -0.2) is 0 Å². The van der Waals surface area contributed by atoms with E-state index in [1.165, 1.54) is 11.8 Å². The van der Waals surface area contributed by atoms with Gasteiger partial charge < -0.3 is 16.0 Å². The predicted octanol–water partition coefficient (Wildman–Crippen LogP) is 8.27. The second-order valence-electron chi connectivity index (χ2n) is 7.49. The number of anilines is 3. The highest BCUT2D eigenvalue weighted by atomic mass is 35.5. The second kappa shape index (κ2) is 12.1. The molecule has 0 aromatic heterocycles. The fourth-order valence-electron chi connectivity index (χ4n) is 3.26. The number of benzene rings is 4. The zero-order valence-electron chi connectivity index (χ0n) is 18.4. The Morgan fingerprint density at radius 1 is 0.743 bits per heavy atom. The summed E-state index contributed by atoms with van der Waals surface area (Å²) < 4.78 is 0. The minimum atomic E-state index is -0.484. The zero-order chi connectivity index (χ0) is 24.6. The Balaban J connectivity index is 1.46. The van der Waals surface area contributed by atoms with Crippen LogP contribution in [0.1, 0.15) is 10.8 Å². The van der Waals surface area contributed by atoms with Crippen molar-refractivity contribution in [1.82, 2.24) is 0 Å². The van der Waals surface area contributed by atoms with E-state index in [2.05, 4.69) is 16.0 Å². The molecule has 8 heteroatoms. The number of thioether (sulfide) groups is 1. The first kappa shape index (κ1) is 25.1.